The molecule has 0 aromatic heterocycles. The lowest BCUT2D eigenvalue weighted by molar-refractivity contribution is 0.569. The molecule has 1 nitrogen and oxygen atoms in total. The minimum Gasteiger partial charge on any atom is -0.316 e. The van der Waals surface area contributed by atoms with E-state index in [0.717, 1.165) is 42.1 Å². The molecule has 0 spiro atoms. The van der Waals surface area contributed by atoms with E-state index in [4.69, 9.17) is 11.6 Å². The lowest BCUT2D eigenvalue weighted by Gasteiger charge is -2.19. The van der Waals surface area contributed by atoms with Crippen LogP contribution in [0.25, 0.3) is 0 Å². The molecule has 1 unspecified atom stereocenters. The largest absolute Gasteiger partial charge is 0.316 e. The summed E-state index contributed by atoms with van der Waals surface area (Å²) in [7, 11) is 0. The first-order chi connectivity index (χ1) is 10.2. The van der Waals surface area contributed by atoms with Gasteiger partial charge in [0.05, 0.1) is 0 Å². The highest BCUT2D eigenvalue weighted by atomic mass is 35.5. The zero-order valence-corrected chi connectivity index (χ0v) is 13.0. The van der Waals surface area contributed by atoms with Crippen LogP contribution in [-0.2, 0) is 6.42 Å². The van der Waals surface area contributed by atoms with Crippen LogP contribution in [0.4, 0.5) is 4.39 Å². The zero-order chi connectivity index (χ0) is 15.1. The van der Waals surface area contributed by atoms with Crippen molar-refractivity contribution in [3.05, 3.63) is 70.5 Å². The fourth-order valence-electron chi connectivity index (χ4n) is 2.45. The number of halogens is 2. The van der Waals surface area contributed by atoms with Crippen molar-refractivity contribution in [1.82, 2.24) is 5.32 Å². The van der Waals surface area contributed by atoms with Crippen LogP contribution in [0.1, 0.15) is 30.4 Å². The van der Waals surface area contributed by atoms with Crippen molar-refractivity contribution in [2.45, 2.75) is 25.7 Å². The van der Waals surface area contributed by atoms with E-state index in [1.807, 2.05) is 30.3 Å². The summed E-state index contributed by atoms with van der Waals surface area (Å²) in [5.74, 6) is 0.0271. The van der Waals surface area contributed by atoms with Crippen LogP contribution in [0.2, 0.25) is 5.02 Å². The second-order valence-corrected chi connectivity index (χ2v) is 5.66. The molecule has 0 fully saturated rings. The standard InChI is InChI=1S/C18H21ClFN/c1-2-10-21-13-16(14-7-5-8-17(20)12-14)11-15-6-3-4-9-18(15)19/h3-9,12,16,21H,2,10-11,13H2,1H3. The van der Waals surface area contributed by atoms with Gasteiger partial charge in [-0.1, -0.05) is 48.9 Å². The number of nitrogens with one attached hydrogen (secondary N) is 1. The Labute approximate surface area is 131 Å². The molecule has 2 aromatic carbocycles. The lowest BCUT2D eigenvalue weighted by atomic mass is 9.91. The maximum atomic E-state index is 13.5. The Hall–Kier alpha value is -1.38. The molecule has 0 bridgehead atoms. The van der Waals surface area contributed by atoms with Gasteiger partial charge in [-0.15, -0.1) is 0 Å². The Balaban J connectivity index is 2.17. The van der Waals surface area contributed by atoms with Crippen LogP contribution in [0.5, 0.6) is 0 Å². The Morgan fingerprint density at radius 3 is 2.67 bits per heavy atom. The van der Waals surface area contributed by atoms with Gasteiger partial charge in [-0.25, -0.2) is 4.39 Å². The SMILES string of the molecule is CCCNCC(Cc1ccccc1Cl)c1cccc(F)c1. The molecule has 0 amide bonds. The van der Waals surface area contributed by atoms with Crippen molar-refractivity contribution in [3.63, 3.8) is 0 Å². The molecule has 0 aliphatic heterocycles. The molecule has 112 valence electrons. The fraction of sp³-hybridized carbons (Fsp3) is 0.333. The normalized spacial score (nSPS) is 12.3. The van der Waals surface area contributed by atoms with Crippen molar-refractivity contribution >= 4 is 11.6 Å². The van der Waals surface area contributed by atoms with Crippen LogP contribution in [0.15, 0.2) is 48.5 Å². The van der Waals surface area contributed by atoms with E-state index in [9.17, 15) is 4.39 Å². The summed E-state index contributed by atoms with van der Waals surface area (Å²) < 4.78 is 13.5. The molecule has 1 atom stereocenters. The maximum Gasteiger partial charge on any atom is 0.123 e. The molecule has 21 heavy (non-hydrogen) atoms. The Kier molecular flexibility index (Phi) is 6.21. The molecule has 0 heterocycles. The van der Waals surface area contributed by atoms with Crippen LogP contribution in [0.3, 0.4) is 0 Å². The molecule has 0 saturated carbocycles. The second-order valence-electron chi connectivity index (χ2n) is 5.25. The quantitative estimate of drug-likeness (QED) is 0.724. The molecule has 0 saturated heterocycles. The minimum absolute atomic E-state index is 0.188. The zero-order valence-electron chi connectivity index (χ0n) is 12.3. The van der Waals surface area contributed by atoms with Crippen LogP contribution >= 0.6 is 11.6 Å². The first kappa shape index (κ1) is 16.0. The van der Waals surface area contributed by atoms with E-state index in [1.54, 1.807) is 12.1 Å². The van der Waals surface area contributed by atoms with Gasteiger partial charge in [0.1, 0.15) is 5.82 Å². The average Bonchev–Trinajstić information content (AvgIpc) is 2.48. The van der Waals surface area contributed by atoms with E-state index in [1.165, 1.54) is 6.07 Å². The predicted molar refractivity (Wildman–Crippen MR) is 87.5 cm³/mol. The van der Waals surface area contributed by atoms with Gasteiger partial charge in [-0.2, -0.15) is 0 Å². The van der Waals surface area contributed by atoms with Crippen molar-refractivity contribution in [3.8, 4) is 0 Å². The minimum atomic E-state index is -0.188. The first-order valence-electron chi connectivity index (χ1n) is 7.40. The van der Waals surface area contributed by atoms with Gasteiger partial charge in [0.2, 0.25) is 0 Å². The van der Waals surface area contributed by atoms with E-state index in [-0.39, 0.29) is 11.7 Å². The molecule has 0 aliphatic carbocycles. The van der Waals surface area contributed by atoms with Gasteiger partial charge in [0.15, 0.2) is 0 Å². The third-order valence-corrected chi connectivity index (χ3v) is 3.93. The van der Waals surface area contributed by atoms with Gasteiger partial charge in [0, 0.05) is 17.5 Å². The predicted octanol–water partition coefficient (Wildman–Crippen LogP) is 4.81. The second kappa shape index (κ2) is 8.16. The summed E-state index contributed by atoms with van der Waals surface area (Å²) in [6.07, 6.45) is 1.89. The Morgan fingerprint density at radius 2 is 1.95 bits per heavy atom. The number of hydrogen-bond donors (Lipinski definition) is 1. The summed E-state index contributed by atoms with van der Waals surface area (Å²) in [5.41, 5.74) is 2.12. The van der Waals surface area contributed by atoms with Crippen molar-refractivity contribution < 1.29 is 4.39 Å². The molecule has 0 radical (unpaired) electrons. The Morgan fingerprint density at radius 1 is 1.14 bits per heavy atom. The van der Waals surface area contributed by atoms with E-state index in [0.29, 0.717) is 0 Å². The van der Waals surface area contributed by atoms with E-state index >= 15 is 0 Å². The first-order valence-corrected chi connectivity index (χ1v) is 7.78. The molecule has 2 rings (SSSR count). The van der Waals surface area contributed by atoms with Gasteiger partial charge in [0.25, 0.3) is 0 Å². The van der Waals surface area contributed by atoms with Crippen molar-refractivity contribution in [2.75, 3.05) is 13.1 Å². The van der Waals surface area contributed by atoms with Crippen LogP contribution in [-0.4, -0.2) is 13.1 Å². The van der Waals surface area contributed by atoms with Gasteiger partial charge >= 0.3 is 0 Å². The summed E-state index contributed by atoms with van der Waals surface area (Å²) in [6, 6.07) is 14.7. The fourth-order valence-corrected chi connectivity index (χ4v) is 2.66. The molecular weight excluding hydrogens is 285 g/mol. The molecular formula is C18H21ClFN. The molecule has 3 heteroatoms. The van der Waals surface area contributed by atoms with E-state index < -0.39 is 0 Å². The third kappa shape index (κ3) is 4.83. The summed E-state index contributed by atoms with van der Waals surface area (Å²) in [5, 5.41) is 4.20. The van der Waals surface area contributed by atoms with Crippen molar-refractivity contribution in [1.29, 1.82) is 0 Å². The summed E-state index contributed by atoms with van der Waals surface area (Å²) in [4.78, 5) is 0. The topological polar surface area (TPSA) is 12.0 Å². The average molecular weight is 306 g/mol. The van der Waals surface area contributed by atoms with Gasteiger partial charge < -0.3 is 5.32 Å². The van der Waals surface area contributed by atoms with Gasteiger partial charge in [-0.3, -0.25) is 0 Å². The smallest absolute Gasteiger partial charge is 0.123 e. The van der Waals surface area contributed by atoms with Crippen LogP contribution < -0.4 is 5.32 Å². The van der Waals surface area contributed by atoms with Gasteiger partial charge in [-0.05, 0) is 48.7 Å². The summed E-state index contributed by atoms with van der Waals surface area (Å²) >= 11 is 6.25. The highest BCUT2D eigenvalue weighted by molar-refractivity contribution is 6.31. The van der Waals surface area contributed by atoms with Crippen molar-refractivity contribution in [2.24, 2.45) is 0 Å². The molecule has 2 aromatic rings. The number of hydrogen-bond acceptors (Lipinski definition) is 1. The third-order valence-electron chi connectivity index (χ3n) is 3.56. The maximum absolute atomic E-state index is 13.5. The number of rotatable bonds is 7. The molecule has 0 aliphatic rings. The molecule has 1 N–H and O–H groups in total. The number of benzene rings is 2. The lowest BCUT2D eigenvalue weighted by Crippen LogP contribution is -2.23. The van der Waals surface area contributed by atoms with E-state index in [2.05, 4.69) is 12.2 Å². The highest BCUT2D eigenvalue weighted by Crippen LogP contribution is 2.25. The van der Waals surface area contributed by atoms with Crippen LogP contribution in [0, 0.1) is 5.82 Å². The summed E-state index contributed by atoms with van der Waals surface area (Å²) in [6.45, 7) is 3.93. The monoisotopic (exact) mass is 305 g/mol. The Bertz CT molecular complexity index is 571. The highest BCUT2D eigenvalue weighted by Gasteiger charge is 2.14.